The van der Waals surface area contributed by atoms with Crippen molar-refractivity contribution in [2.24, 2.45) is 0 Å². The van der Waals surface area contributed by atoms with E-state index in [-0.39, 0.29) is 0 Å². The normalized spacial score (nSPS) is 10.3. The number of benzene rings is 1. The fourth-order valence-electron chi connectivity index (χ4n) is 1.93. The molecule has 17 heavy (non-hydrogen) atoms. The molecule has 0 atom stereocenters. The van der Waals surface area contributed by atoms with Crippen LogP contribution in [0.3, 0.4) is 0 Å². The third-order valence-electron chi connectivity index (χ3n) is 2.76. The second-order valence-corrected chi connectivity index (χ2v) is 4.10. The van der Waals surface area contributed by atoms with E-state index in [1.807, 2.05) is 25.2 Å². The zero-order valence-corrected chi connectivity index (χ0v) is 11.0. The van der Waals surface area contributed by atoms with E-state index in [2.05, 4.69) is 51.3 Å². The van der Waals surface area contributed by atoms with Gasteiger partial charge in [-0.15, -0.1) is 0 Å². The monoisotopic (exact) mass is 224 g/mol. The highest BCUT2D eigenvalue weighted by Crippen LogP contribution is 2.25. The van der Waals surface area contributed by atoms with Crippen LogP contribution in [0.25, 0.3) is 5.57 Å². The van der Waals surface area contributed by atoms with Gasteiger partial charge in [-0.25, -0.2) is 0 Å². The van der Waals surface area contributed by atoms with E-state index in [0.29, 0.717) is 0 Å². The fourth-order valence-corrected chi connectivity index (χ4v) is 1.93. The molecule has 0 heteroatoms. The molecule has 0 aliphatic heterocycles. The molecule has 0 saturated carbocycles. The van der Waals surface area contributed by atoms with Crippen molar-refractivity contribution in [1.82, 2.24) is 0 Å². The molecule has 0 spiro atoms. The lowest BCUT2D eigenvalue weighted by atomic mass is 9.94. The summed E-state index contributed by atoms with van der Waals surface area (Å²) >= 11 is 0. The molecule has 0 aliphatic rings. The summed E-state index contributed by atoms with van der Waals surface area (Å²) in [5, 5.41) is 0. The van der Waals surface area contributed by atoms with Crippen LogP contribution in [0.15, 0.2) is 61.2 Å². The van der Waals surface area contributed by atoms with E-state index in [0.717, 1.165) is 5.57 Å². The highest BCUT2D eigenvalue weighted by molar-refractivity contribution is 5.81. The predicted molar refractivity (Wildman–Crippen MR) is 78.0 cm³/mol. The molecule has 88 valence electrons. The summed E-state index contributed by atoms with van der Waals surface area (Å²) in [5.74, 6) is 0. The van der Waals surface area contributed by atoms with Crippen LogP contribution >= 0.6 is 0 Å². The number of hydrogen-bond donors (Lipinski definition) is 0. The van der Waals surface area contributed by atoms with Gasteiger partial charge in [0, 0.05) is 0 Å². The minimum atomic E-state index is 1.06. The Hall–Kier alpha value is -1.82. The Morgan fingerprint density at radius 1 is 1.12 bits per heavy atom. The molecular formula is C17H20. The molecule has 0 radical (unpaired) electrons. The Morgan fingerprint density at radius 2 is 1.76 bits per heavy atom. The maximum absolute atomic E-state index is 3.84. The smallest absolute Gasteiger partial charge is 0.0112 e. The van der Waals surface area contributed by atoms with E-state index < -0.39 is 0 Å². The lowest BCUT2D eigenvalue weighted by molar-refractivity contribution is 1.35. The molecule has 0 heterocycles. The summed E-state index contributed by atoms with van der Waals surface area (Å²) in [5.41, 5.74) is 6.04. The van der Waals surface area contributed by atoms with Crippen LogP contribution in [0, 0.1) is 13.8 Å². The standard InChI is InChI=1S/C17H20/c1-6-9-17(15(7-2)8-3)16-11-10-13(4)12-14(16)5/h6-12H,2-3H2,1,4-5H3/b9-6-. The molecule has 0 N–H and O–H groups in total. The quantitative estimate of drug-likeness (QED) is 0.631. The third kappa shape index (κ3) is 3.07. The summed E-state index contributed by atoms with van der Waals surface area (Å²) in [4.78, 5) is 0. The van der Waals surface area contributed by atoms with Gasteiger partial charge in [-0.1, -0.05) is 61.2 Å². The number of hydrogen-bond acceptors (Lipinski definition) is 0. The zero-order chi connectivity index (χ0) is 12.8. The van der Waals surface area contributed by atoms with Crippen LogP contribution < -0.4 is 0 Å². The van der Waals surface area contributed by atoms with Crippen LogP contribution in [0.4, 0.5) is 0 Å². The Morgan fingerprint density at radius 3 is 2.24 bits per heavy atom. The van der Waals surface area contributed by atoms with Crippen LogP contribution in [-0.4, -0.2) is 0 Å². The zero-order valence-electron chi connectivity index (χ0n) is 11.0. The topological polar surface area (TPSA) is 0 Å². The van der Waals surface area contributed by atoms with Crippen LogP contribution in [0.2, 0.25) is 0 Å². The molecule has 1 rings (SSSR count). The molecule has 0 bridgehead atoms. The molecule has 0 unspecified atom stereocenters. The second-order valence-electron chi connectivity index (χ2n) is 4.10. The molecule has 0 amide bonds. The average molecular weight is 224 g/mol. The molecule has 0 aliphatic carbocycles. The molecule has 0 aromatic heterocycles. The summed E-state index contributed by atoms with van der Waals surface area (Å²) < 4.78 is 0. The molecule has 0 fully saturated rings. The number of rotatable bonds is 4. The lowest BCUT2D eigenvalue weighted by Gasteiger charge is -2.10. The van der Waals surface area contributed by atoms with Crippen molar-refractivity contribution in [3.8, 4) is 0 Å². The number of allylic oxidation sites excluding steroid dienone is 6. The van der Waals surface area contributed by atoms with Gasteiger partial charge < -0.3 is 0 Å². The molecule has 0 saturated heterocycles. The van der Waals surface area contributed by atoms with Crippen molar-refractivity contribution in [3.05, 3.63) is 77.9 Å². The van der Waals surface area contributed by atoms with Crippen LogP contribution in [0.1, 0.15) is 23.6 Å². The Bertz CT molecular complexity index is 475. The minimum Gasteiger partial charge on any atom is -0.0984 e. The summed E-state index contributed by atoms with van der Waals surface area (Å²) in [6.07, 6.45) is 7.85. The summed E-state index contributed by atoms with van der Waals surface area (Å²) in [6, 6.07) is 6.49. The van der Waals surface area contributed by atoms with Gasteiger partial charge in [0.1, 0.15) is 0 Å². The number of aryl methyl sites for hydroxylation is 2. The summed E-state index contributed by atoms with van der Waals surface area (Å²) in [6.45, 7) is 14.0. The van der Waals surface area contributed by atoms with Gasteiger partial charge in [0.2, 0.25) is 0 Å². The predicted octanol–water partition coefficient (Wildman–Crippen LogP) is 5.01. The first-order valence-electron chi connectivity index (χ1n) is 5.83. The van der Waals surface area contributed by atoms with Crippen LogP contribution in [0.5, 0.6) is 0 Å². The maximum Gasteiger partial charge on any atom is -0.0112 e. The Balaban J connectivity index is 3.48. The lowest BCUT2D eigenvalue weighted by Crippen LogP contribution is -1.90. The van der Waals surface area contributed by atoms with Gasteiger partial charge in [-0.05, 0) is 43.0 Å². The Labute approximate surface area is 105 Å². The molecular weight excluding hydrogens is 204 g/mol. The van der Waals surface area contributed by atoms with Gasteiger partial charge in [-0.2, -0.15) is 0 Å². The molecule has 1 aromatic carbocycles. The van der Waals surface area contributed by atoms with Crippen molar-refractivity contribution in [3.63, 3.8) is 0 Å². The van der Waals surface area contributed by atoms with Gasteiger partial charge in [-0.3, -0.25) is 0 Å². The average Bonchev–Trinajstić information content (AvgIpc) is 2.30. The molecule has 0 nitrogen and oxygen atoms in total. The first kappa shape index (κ1) is 13.2. The van der Waals surface area contributed by atoms with Gasteiger partial charge in [0.15, 0.2) is 0 Å². The van der Waals surface area contributed by atoms with E-state index >= 15 is 0 Å². The van der Waals surface area contributed by atoms with Gasteiger partial charge in [0.05, 0.1) is 0 Å². The van der Waals surface area contributed by atoms with Crippen molar-refractivity contribution in [2.45, 2.75) is 20.8 Å². The highest BCUT2D eigenvalue weighted by atomic mass is 14.1. The third-order valence-corrected chi connectivity index (χ3v) is 2.76. The molecule has 1 aromatic rings. The second kappa shape index (κ2) is 6.05. The Kier molecular flexibility index (Phi) is 4.71. The van der Waals surface area contributed by atoms with E-state index in [1.54, 1.807) is 0 Å². The van der Waals surface area contributed by atoms with E-state index in [9.17, 15) is 0 Å². The maximum atomic E-state index is 3.84. The van der Waals surface area contributed by atoms with E-state index in [1.165, 1.54) is 22.3 Å². The largest absolute Gasteiger partial charge is 0.0984 e. The van der Waals surface area contributed by atoms with Crippen molar-refractivity contribution in [2.75, 3.05) is 0 Å². The fraction of sp³-hybridized carbons (Fsp3) is 0.176. The first-order chi connectivity index (χ1) is 8.13. The van der Waals surface area contributed by atoms with Gasteiger partial charge >= 0.3 is 0 Å². The van der Waals surface area contributed by atoms with Crippen molar-refractivity contribution >= 4 is 5.57 Å². The first-order valence-corrected chi connectivity index (χ1v) is 5.83. The van der Waals surface area contributed by atoms with Gasteiger partial charge in [0.25, 0.3) is 0 Å². The SMILES string of the molecule is C=CC(C=C)=C(/C=C\C)c1ccc(C)cc1C. The van der Waals surface area contributed by atoms with Crippen molar-refractivity contribution < 1.29 is 0 Å². The van der Waals surface area contributed by atoms with Crippen molar-refractivity contribution in [1.29, 1.82) is 0 Å². The van der Waals surface area contributed by atoms with Crippen LogP contribution in [-0.2, 0) is 0 Å². The highest BCUT2D eigenvalue weighted by Gasteiger charge is 2.05. The van der Waals surface area contributed by atoms with E-state index in [4.69, 9.17) is 0 Å². The summed E-state index contributed by atoms with van der Waals surface area (Å²) in [7, 11) is 0. The minimum absolute atomic E-state index is 1.06.